The lowest BCUT2D eigenvalue weighted by Gasteiger charge is -2.26. The lowest BCUT2D eigenvalue weighted by atomic mass is 9.92. The highest BCUT2D eigenvalue weighted by Gasteiger charge is 2.46. The SMILES string of the molecule is O=S(=O)(c1ccc(Br)cc1)N1CC(Cc2ccccc2)C(O)[C@@H]1Cc1ccccc1. The van der Waals surface area contributed by atoms with Gasteiger partial charge in [-0.05, 0) is 48.2 Å². The van der Waals surface area contributed by atoms with Crippen LogP contribution in [0, 0.1) is 5.92 Å². The first-order valence-electron chi connectivity index (χ1n) is 9.98. The van der Waals surface area contributed by atoms with Crippen LogP contribution in [0.3, 0.4) is 0 Å². The molecular formula is C24H24BrNO3S. The molecule has 0 saturated carbocycles. The third-order valence-electron chi connectivity index (χ3n) is 5.71. The Kier molecular flexibility index (Phi) is 6.39. The number of hydrogen-bond donors (Lipinski definition) is 1. The zero-order chi connectivity index (χ0) is 21.1. The van der Waals surface area contributed by atoms with Gasteiger partial charge in [0.15, 0.2) is 0 Å². The van der Waals surface area contributed by atoms with Gasteiger partial charge in [0.05, 0.1) is 17.0 Å². The van der Waals surface area contributed by atoms with Crippen LogP contribution in [0.4, 0.5) is 0 Å². The highest BCUT2D eigenvalue weighted by molar-refractivity contribution is 9.10. The number of nitrogens with zero attached hydrogens (tertiary/aromatic N) is 1. The molecule has 0 aromatic heterocycles. The molecule has 0 amide bonds. The van der Waals surface area contributed by atoms with E-state index < -0.39 is 22.2 Å². The van der Waals surface area contributed by atoms with Crippen molar-refractivity contribution in [3.63, 3.8) is 0 Å². The van der Waals surface area contributed by atoms with Gasteiger partial charge in [-0.1, -0.05) is 76.6 Å². The van der Waals surface area contributed by atoms with Gasteiger partial charge in [0.2, 0.25) is 10.0 Å². The number of hydrogen-bond acceptors (Lipinski definition) is 3. The fourth-order valence-electron chi connectivity index (χ4n) is 4.16. The third-order valence-corrected chi connectivity index (χ3v) is 8.14. The molecule has 4 rings (SSSR count). The fraction of sp³-hybridized carbons (Fsp3) is 0.250. The average molecular weight is 486 g/mol. The summed E-state index contributed by atoms with van der Waals surface area (Å²) in [7, 11) is -3.73. The first-order chi connectivity index (χ1) is 14.4. The van der Waals surface area contributed by atoms with Crippen molar-refractivity contribution in [2.45, 2.75) is 29.9 Å². The smallest absolute Gasteiger partial charge is 0.243 e. The third kappa shape index (κ3) is 4.52. The second-order valence-electron chi connectivity index (χ2n) is 7.73. The molecule has 0 aliphatic carbocycles. The average Bonchev–Trinajstić information content (AvgIpc) is 3.06. The second kappa shape index (κ2) is 9.02. The lowest BCUT2D eigenvalue weighted by Crippen LogP contribution is -2.41. The largest absolute Gasteiger partial charge is 0.391 e. The standard InChI is InChI=1S/C24H24BrNO3S/c25-21-11-13-22(14-12-21)30(28,29)26-17-20(15-18-7-3-1-4-8-18)24(27)23(26)16-19-9-5-2-6-10-19/h1-14,20,23-24,27H,15-17H2/t20?,23-,24?/m0/s1. The molecule has 156 valence electrons. The normalized spacial score (nSPS) is 22.3. The number of sulfonamides is 1. The van der Waals surface area contributed by atoms with Crippen LogP contribution in [-0.2, 0) is 22.9 Å². The molecule has 1 N–H and O–H groups in total. The van der Waals surface area contributed by atoms with E-state index in [-0.39, 0.29) is 10.8 Å². The van der Waals surface area contributed by atoms with E-state index in [0.717, 1.165) is 15.6 Å². The second-order valence-corrected chi connectivity index (χ2v) is 10.5. The molecule has 4 nitrogen and oxygen atoms in total. The zero-order valence-electron chi connectivity index (χ0n) is 16.4. The molecule has 3 aromatic rings. The highest BCUT2D eigenvalue weighted by Crippen LogP contribution is 2.34. The van der Waals surface area contributed by atoms with E-state index in [2.05, 4.69) is 15.9 Å². The van der Waals surface area contributed by atoms with Crippen molar-refractivity contribution in [2.24, 2.45) is 5.92 Å². The van der Waals surface area contributed by atoms with E-state index in [9.17, 15) is 13.5 Å². The highest BCUT2D eigenvalue weighted by atomic mass is 79.9. The molecule has 30 heavy (non-hydrogen) atoms. The summed E-state index contributed by atoms with van der Waals surface area (Å²) in [6, 6.07) is 25.8. The van der Waals surface area contributed by atoms with Crippen LogP contribution in [0.1, 0.15) is 11.1 Å². The van der Waals surface area contributed by atoms with Gasteiger partial charge in [-0.2, -0.15) is 4.31 Å². The summed E-state index contributed by atoms with van der Waals surface area (Å²) in [6.45, 7) is 0.298. The van der Waals surface area contributed by atoms with Crippen LogP contribution >= 0.6 is 15.9 Å². The zero-order valence-corrected chi connectivity index (χ0v) is 18.8. The van der Waals surface area contributed by atoms with Crippen molar-refractivity contribution in [2.75, 3.05) is 6.54 Å². The van der Waals surface area contributed by atoms with Crippen molar-refractivity contribution in [3.8, 4) is 0 Å². The van der Waals surface area contributed by atoms with Gasteiger partial charge in [-0.3, -0.25) is 0 Å². The van der Waals surface area contributed by atoms with Crippen LogP contribution in [0.5, 0.6) is 0 Å². The van der Waals surface area contributed by atoms with Gasteiger partial charge >= 0.3 is 0 Å². The summed E-state index contributed by atoms with van der Waals surface area (Å²) in [4.78, 5) is 0.247. The monoisotopic (exact) mass is 485 g/mol. The molecule has 1 aliphatic rings. The Morgan fingerprint density at radius 3 is 1.93 bits per heavy atom. The summed E-state index contributed by atoms with van der Waals surface area (Å²) in [5.74, 6) is -0.161. The molecule has 1 aliphatic heterocycles. The minimum atomic E-state index is -3.73. The number of aliphatic hydroxyl groups excluding tert-OH is 1. The van der Waals surface area contributed by atoms with Crippen molar-refractivity contribution < 1.29 is 13.5 Å². The van der Waals surface area contributed by atoms with Crippen LogP contribution in [0.25, 0.3) is 0 Å². The molecule has 0 bridgehead atoms. The Balaban J connectivity index is 1.66. The minimum Gasteiger partial charge on any atom is -0.391 e. The Labute approximate surface area is 186 Å². The van der Waals surface area contributed by atoms with Crippen molar-refractivity contribution in [1.29, 1.82) is 0 Å². The van der Waals surface area contributed by atoms with Crippen LogP contribution in [0.2, 0.25) is 0 Å². The van der Waals surface area contributed by atoms with Gasteiger partial charge in [-0.15, -0.1) is 0 Å². The van der Waals surface area contributed by atoms with Gasteiger partial charge in [0, 0.05) is 16.9 Å². The van der Waals surface area contributed by atoms with Crippen molar-refractivity contribution in [3.05, 3.63) is 101 Å². The minimum absolute atomic E-state index is 0.161. The molecular weight excluding hydrogens is 462 g/mol. The molecule has 0 spiro atoms. The van der Waals surface area contributed by atoms with Gasteiger partial charge in [0.25, 0.3) is 0 Å². The molecule has 1 heterocycles. The number of aliphatic hydroxyl groups is 1. The first-order valence-corrected chi connectivity index (χ1v) is 12.2. The van der Waals surface area contributed by atoms with Gasteiger partial charge < -0.3 is 5.11 Å². The molecule has 3 atom stereocenters. The topological polar surface area (TPSA) is 57.6 Å². The van der Waals surface area contributed by atoms with E-state index in [1.54, 1.807) is 24.3 Å². The summed E-state index contributed by atoms with van der Waals surface area (Å²) in [5, 5.41) is 11.2. The van der Waals surface area contributed by atoms with Gasteiger partial charge in [0.1, 0.15) is 0 Å². The molecule has 1 saturated heterocycles. The number of halogens is 1. The Morgan fingerprint density at radius 2 is 1.37 bits per heavy atom. The summed E-state index contributed by atoms with van der Waals surface area (Å²) >= 11 is 3.36. The first kappa shape index (κ1) is 21.2. The van der Waals surface area contributed by atoms with Crippen LogP contribution < -0.4 is 0 Å². The fourth-order valence-corrected chi connectivity index (χ4v) is 6.12. The Hall–Kier alpha value is -1.99. The van der Waals surface area contributed by atoms with E-state index in [4.69, 9.17) is 0 Å². The van der Waals surface area contributed by atoms with Crippen LogP contribution in [0.15, 0.2) is 94.3 Å². The van der Waals surface area contributed by atoms with Crippen LogP contribution in [-0.4, -0.2) is 36.5 Å². The van der Waals surface area contributed by atoms with Gasteiger partial charge in [-0.25, -0.2) is 8.42 Å². The maximum Gasteiger partial charge on any atom is 0.243 e. The summed E-state index contributed by atoms with van der Waals surface area (Å²) < 4.78 is 29.3. The Morgan fingerprint density at radius 1 is 0.833 bits per heavy atom. The van der Waals surface area contributed by atoms with E-state index in [0.29, 0.717) is 19.4 Å². The van der Waals surface area contributed by atoms with E-state index in [1.165, 1.54) is 4.31 Å². The molecule has 2 unspecified atom stereocenters. The number of rotatable bonds is 6. The molecule has 3 aromatic carbocycles. The predicted molar refractivity (Wildman–Crippen MR) is 122 cm³/mol. The predicted octanol–water partition coefficient (Wildman–Crippen LogP) is 4.28. The summed E-state index contributed by atoms with van der Waals surface area (Å²) in [6.07, 6.45) is 0.374. The van der Waals surface area contributed by atoms with Crippen molar-refractivity contribution >= 4 is 26.0 Å². The quantitative estimate of drug-likeness (QED) is 0.566. The molecule has 6 heteroatoms. The Bertz CT molecular complexity index is 1070. The summed E-state index contributed by atoms with van der Waals surface area (Å²) in [5.41, 5.74) is 2.11. The molecule has 0 radical (unpaired) electrons. The van der Waals surface area contributed by atoms with E-state index >= 15 is 0 Å². The number of benzene rings is 3. The lowest BCUT2D eigenvalue weighted by molar-refractivity contribution is 0.108. The van der Waals surface area contributed by atoms with E-state index in [1.807, 2.05) is 60.7 Å². The maximum absolute atomic E-state index is 13.5. The van der Waals surface area contributed by atoms with Crippen molar-refractivity contribution in [1.82, 2.24) is 4.31 Å². The molecule has 1 fully saturated rings. The maximum atomic E-state index is 13.5.